The molecule has 2 aromatic rings. The Balaban J connectivity index is 2.66. The zero-order valence-corrected chi connectivity index (χ0v) is 23.1. The van der Waals surface area contributed by atoms with Gasteiger partial charge in [0, 0.05) is 39.3 Å². The quantitative estimate of drug-likeness (QED) is 0.214. The molecule has 0 unspecified atom stereocenters. The Bertz CT molecular complexity index is 876. The fourth-order valence-electron chi connectivity index (χ4n) is 4.26. The molecule has 0 saturated carbocycles. The van der Waals surface area contributed by atoms with Crippen LogP contribution in [0.25, 0.3) is 0 Å². The largest absolute Gasteiger partial charge is 0.494 e. The van der Waals surface area contributed by atoms with E-state index in [4.69, 9.17) is 28.4 Å². The Morgan fingerprint density at radius 3 is 1.74 bits per heavy atom. The van der Waals surface area contributed by atoms with Crippen molar-refractivity contribution in [1.82, 2.24) is 0 Å². The van der Waals surface area contributed by atoms with E-state index in [2.05, 4.69) is 16.3 Å². The van der Waals surface area contributed by atoms with Crippen LogP contribution in [-0.4, -0.2) is 55.3 Å². The molecule has 3 radical (unpaired) electrons. The van der Waals surface area contributed by atoms with Gasteiger partial charge in [-0.25, -0.2) is 0 Å². The van der Waals surface area contributed by atoms with Crippen LogP contribution in [0.1, 0.15) is 58.2 Å². The Labute approximate surface area is 214 Å². The molecule has 0 heterocycles. The van der Waals surface area contributed by atoms with Crippen LogP contribution in [-0.2, 0) is 37.6 Å². The number of rotatable bonds is 17. The standard InChI is InChI=1S/C28H41O6Si/c1-7-29-25-19-14-13-16-22(25)20-27(31-9-3,32-10-4)24-18-15-17-23(26(24)30-8-2)21-28(35,33-11-5)34-12-6/h13-19H,7-12,20-21H2,1-6H3. The molecular weight excluding hydrogens is 460 g/mol. The number of para-hydroxylation sites is 2. The Kier molecular flexibility index (Phi) is 12.2. The van der Waals surface area contributed by atoms with Crippen molar-refractivity contribution in [2.24, 2.45) is 0 Å². The molecule has 0 N–H and O–H groups in total. The summed E-state index contributed by atoms with van der Waals surface area (Å²) in [5.74, 6) is 0.468. The second-order valence-electron chi connectivity index (χ2n) is 7.86. The van der Waals surface area contributed by atoms with Crippen molar-refractivity contribution in [3.05, 3.63) is 59.2 Å². The summed E-state index contributed by atoms with van der Waals surface area (Å²) in [6.45, 7) is 14.8. The van der Waals surface area contributed by atoms with E-state index in [-0.39, 0.29) is 0 Å². The Morgan fingerprint density at radius 2 is 1.17 bits per heavy atom. The van der Waals surface area contributed by atoms with Gasteiger partial charge >= 0.3 is 0 Å². The molecule has 0 aliphatic carbocycles. The lowest BCUT2D eigenvalue weighted by Gasteiger charge is -2.37. The van der Waals surface area contributed by atoms with Crippen LogP contribution in [0.5, 0.6) is 11.5 Å². The fraction of sp³-hybridized carbons (Fsp3) is 0.571. The molecule has 0 fully saturated rings. The summed E-state index contributed by atoms with van der Waals surface area (Å²) >= 11 is 0. The Morgan fingerprint density at radius 1 is 0.600 bits per heavy atom. The van der Waals surface area contributed by atoms with Crippen molar-refractivity contribution in [3.8, 4) is 11.5 Å². The van der Waals surface area contributed by atoms with Gasteiger partial charge in [0.2, 0.25) is 5.79 Å². The number of hydrogen-bond donors (Lipinski definition) is 0. The van der Waals surface area contributed by atoms with Crippen LogP contribution < -0.4 is 9.47 Å². The maximum Gasteiger partial charge on any atom is 0.202 e. The van der Waals surface area contributed by atoms with Crippen molar-refractivity contribution in [1.29, 1.82) is 0 Å². The topological polar surface area (TPSA) is 55.4 Å². The molecule has 2 aromatic carbocycles. The highest BCUT2D eigenvalue weighted by Crippen LogP contribution is 2.42. The summed E-state index contributed by atoms with van der Waals surface area (Å²) in [4.78, 5) is 0. The first-order valence-electron chi connectivity index (χ1n) is 12.7. The zero-order valence-electron chi connectivity index (χ0n) is 22.1. The van der Waals surface area contributed by atoms with E-state index in [1.54, 1.807) is 0 Å². The van der Waals surface area contributed by atoms with E-state index < -0.39 is 11.2 Å². The number of hydrogen-bond acceptors (Lipinski definition) is 6. The minimum atomic E-state index is -1.07. The third kappa shape index (κ3) is 7.79. The van der Waals surface area contributed by atoms with Crippen molar-refractivity contribution in [2.75, 3.05) is 39.6 Å². The number of ether oxygens (including phenoxy) is 6. The molecule has 0 aliphatic rings. The predicted octanol–water partition coefficient (Wildman–Crippen LogP) is 5.39. The maximum absolute atomic E-state index is 6.43. The molecule has 0 amide bonds. The number of benzene rings is 2. The maximum atomic E-state index is 6.43. The van der Waals surface area contributed by atoms with Gasteiger partial charge in [-0.2, -0.15) is 0 Å². The summed E-state index contributed by atoms with van der Waals surface area (Å²) in [5.41, 5.74) is 1.80. The highest BCUT2D eigenvalue weighted by atomic mass is 28.1. The zero-order chi connectivity index (χ0) is 25.7. The molecule has 0 aliphatic heterocycles. The summed E-state index contributed by atoms with van der Waals surface area (Å²) in [5, 5.41) is 0. The third-order valence-electron chi connectivity index (χ3n) is 5.42. The third-order valence-corrected chi connectivity index (χ3v) is 5.89. The van der Waals surface area contributed by atoms with Crippen LogP contribution >= 0.6 is 0 Å². The normalized spacial score (nSPS) is 12.1. The van der Waals surface area contributed by atoms with Crippen molar-refractivity contribution in [2.45, 2.75) is 65.6 Å². The first-order chi connectivity index (χ1) is 16.9. The van der Waals surface area contributed by atoms with Crippen LogP contribution in [0.3, 0.4) is 0 Å². The van der Waals surface area contributed by atoms with Crippen LogP contribution in [0.2, 0.25) is 0 Å². The SMILES string of the molecule is CCOc1ccccc1CC(OCC)(OCC)c1cccc(CC([Si])(OCC)OCC)c1OCC. The highest BCUT2D eigenvalue weighted by molar-refractivity contribution is 6.13. The van der Waals surface area contributed by atoms with Gasteiger partial charge in [0.1, 0.15) is 27.2 Å². The van der Waals surface area contributed by atoms with Gasteiger partial charge in [-0.3, -0.25) is 0 Å². The van der Waals surface area contributed by atoms with E-state index in [1.807, 2.05) is 77.9 Å². The first-order valence-corrected chi connectivity index (χ1v) is 13.2. The lowest BCUT2D eigenvalue weighted by atomic mass is 9.93. The Hall–Kier alpha value is -1.90. The average Bonchev–Trinajstić information content (AvgIpc) is 2.82. The molecular formula is C28H41O6Si. The fourth-order valence-corrected chi connectivity index (χ4v) is 4.74. The van der Waals surface area contributed by atoms with Gasteiger partial charge in [0.05, 0.1) is 18.8 Å². The summed E-state index contributed by atoms with van der Waals surface area (Å²) in [7, 11) is 3.73. The van der Waals surface area contributed by atoms with Crippen molar-refractivity contribution in [3.63, 3.8) is 0 Å². The summed E-state index contributed by atoms with van der Waals surface area (Å²) in [6, 6.07) is 14.0. The van der Waals surface area contributed by atoms with E-state index in [9.17, 15) is 0 Å². The smallest absolute Gasteiger partial charge is 0.202 e. The van der Waals surface area contributed by atoms with E-state index in [0.717, 1.165) is 22.4 Å². The van der Waals surface area contributed by atoms with E-state index in [1.165, 1.54) is 0 Å². The highest BCUT2D eigenvalue weighted by Gasteiger charge is 2.39. The molecule has 0 aromatic heterocycles. The van der Waals surface area contributed by atoms with Gasteiger partial charge in [0.25, 0.3) is 0 Å². The predicted molar refractivity (Wildman–Crippen MR) is 139 cm³/mol. The minimum Gasteiger partial charge on any atom is -0.494 e. The van der Waals surface area contributed by atoms with E-state index in [0.29, 0.717) is 58.2 Å². The lowest BCUT2D eigenvalue weighted by molar-refractivity contribution is -0.242. The van der Waals surface area contributed by atoms with Gasteiger partial charge in [-0.05, 0) is 64.8 Å². The molecule has 193 valence electrons. The first kappa shape index (κ1) is 29.3. The van der Waals surface area contributed by atoms with Crippen LogP contribution in [0.15, 0.2) is 42.5 Å². The van der Waals surface area contributed by atoms with Crippen LogP contribution in [0, 0.1) is 0 Å². The summed E-state index contributed by atoms with van der Waals surface area (Å²) in [6.07, 6.45) is 0.906. The molecule has 6 nitrogen and oxygen atoms in total. The molecule has 0 saturated heterocycles. The van der Waals surface area contributed by atoms with E-state index >= 15 is 0 Å². The van der Waals surface area contributed by atoms with Gasteiger partial charge in [0.15, 0.2) is 0 Å². The molecule has 0 spiro atoms. The van der Waals surface area contributed by atoms with Gasteiger partial charge in [-0.15, -0.1) is 0 Å². The summed E-state index contributed by atoms with van der Waals surface area (Å²) < 4.78 is 36.9. The molecule has 35 heavy (non-hydrogen) atoms. The van der Waals surface area contributed by atoms with Crippen LogP contribution in [0.4, 0.5) is 0 Å². The second-order valence-corrected chi connectivity index (χ2v) is 8.62. The molecule has 0 atom stereocenters. The minimum absolute atomic E-state index is 0.443. The monoisotopic (exact) mass is 501 g/mol. The van der Waals surface area contributed by atoms with Gasteiger partial charge in [-0.1, -0.05) is 30.3 Å². The second kappa shape index (κ2) is 14.6. The molecule has 0 bridgehead atoms. The van der Waals surface area contributed by atoms with Crippen molar-refractivity contribution >= 4 is 10.2 Å². The molecule has 7 heteroatoms. The lowest BCUT2D eigenvalue weighted by Crippen LogP contribution is -2.40. The van der Waals surface area contributed by atoms with Gasteiger partial charge < -0.3 is 28.4 Å². The van der Waals surface area contributed by atoms with Crippen molar-refractivity contribution < 1.29 is 28.4 Å². The average molecular weight is 502 g/mol. The molecule has 2 rings (SSSR count).